The van der Waals surface area contributed by atoms with E-state index in [0.717, 1.165) is 30.9 Å². The number of anilines is 2. The van der Waals surface area contributed by atoms with Crippen LogP contribution in [0.5, 0.6) is 5.75 Å². The summed E-state index contributed by atoms with van der Waals surface area (Å²) in [6, 6.07) is 9.27. The highest BCUT2D eigenvalue weighted by Crippen LogP contribution is 2.20. The Labute approximate surface area is 154 Å². The van der Waals surface area contributed by atoms with Crippen molar-refractivity contribution in [3.63, 3.8) is 0 Å². The molecule has 1 aliphatic rings. The number of ether oxygens (including phenoxy) is 1. The summed E-state index contributed by atoms with van der Waals surface area (Å²) in [6.07, 6.45) is 3.98. The van der Waals surface area contributed by atoms with Crippen LogP contribution in [0.2, 0.25) is 0 Å². The van der Waals surface area contributed by atoms with Gasteiger partial charge in [0.1, 0.15) is 11.4 Å². The Morgan fingerprint density at radius 2 is 2.04 bits per heavy atom. The van der Waals surface area contributed by atoms with Crippen molar-refractivity contribution in [1.29, 1.82) is 0 Å². The quantitative estimate of drug-likeness (QED) is 0.882. The molecule has 1 fully saturated rings. The molecule has 1 amide bonds. The van der Waals surface area contributed by atoms with E-state index in [-0.39, 0.29) is 12.0 Å². The average molecular weight is 354 g/mol. The van der Waals surface area contributed by atoms with Gasteiger partial charge in [0.25, 0.3) is 5.91 Å². The molecule has 6 nitrogen and oxygen atoms in total. The van der Waals surface area contributed by atoms with Crippen LogP contribution in [0.4, 0.5) is 11.6 Å². The Bertz CT molecular complexity index is 746. The smallest absolute Gasteiger partial charge is 0.272 e. The Hall–Kier alpha value is -2.63. The van der Waals surface area contributed by atoms with Gasteiger partial charge in [0, 0.05) is 25.0 Å². The minimum absolute atomic E-state index is 0.0253. The van der Waals surface area contributed by atoms with Gasteiger partial charge in [-0.1, -0.05) is 6.92 Å². The summed E-state index contributed by atoms with van der Waals surface area (Å²) in [7, 11) is 0. The number of hydrogen-bond donors (Lipinski definition) is 1. The summed E-state index contributed by atoms with van der Waals surface area (Å²) < 4.78 is 5.64. The number of amides is 1. The highest BCUT2D eigenvalue weighted by molar-refractivity contribution is 5.92. The van der Waals surface area contributed by atoms with E-state index in [4.69, 9.17) is 4.74 Å². The summed E-state index contributed by atoms with van der Waals surface area (Å²) in [5.41, 5.74) is 1.27. The van der Waals surface area contributed by atoms with Crippen LogP contribution >= 0.6 is 0 Å². The van der Waals surface area contributed by atoms with Gasteiger partial charge in [-0.15, -0.1) is 0 Å². The zero-order chi connectivity index (χ0) is 18.5. The van der Waals surface area contributed by atoms with E-state index in [2.05, 4.69) is 22.2 Å². The van der Waals surface area contributed by atoms with Gasteiger partial charge in [-0.05, 0) is 62.9 Å². The first-order chi connectivity index (χ1) is 12.5. The molecule has 2 heterocycles. The molecule has 1 atom stereocenters. The van der Waals surface area contributed by atoms with Crippen LogP contribution in [-0.2, 0) is 0 Å². The average Bonchev–Trinajstić information content (AvgIpc) is 2.62. The van der Waals surface area contributed by atoms with E-state index in [1.807, 2.05) is 43.0 Å². The molecular formula is C20H26N4O2. The SMILES string of the molecule is CC1CCCN(C(=O)c2ccnc(Nc3ccc(OC(C)C)cc3)n2)C1. The van der Waals surface area contributed by atoms with Crippen LogP contribution in [0.3, 0.4) is 0 Å². The molecule has 1 aliphatic heterocycles. The van der Waals surface area contributed by atoms with Crippen molar-refractivity contribution in [1.82, 2.24) is 14.9 Å². The molecular weight excluding hydrogens is 328 g/mol. The van der Waals surface area contributed by atoms with Crippen molar-refractivity contribution in [2.24, 2.45) is 5.92 Å². The summed E-state index contributed by atoms with van der Waals surface area (Å²) in [6.45, 7) is 7.76. The molecule has 0 bridgehead atoms. The Morgan fingerprint density at radius 1 is 1.27 bits per heavy atom. The lowest BCUT2D eigenvalue weighted by molar-refractivity contribution is 0.0677. The predicted molar refractivity (Wildman–Crippen MR) is 102 cm³/mol. The van der Waals surface area contributed by atoms with Gasteiger partial charge in [-0.2, -0.15) is 0 Å². The molecule has 6 heteroatoms. The fourth-order valence-electron chi connectivity index (χ4n) is 3.09. The zero-order valence-corrected chi connectivity index (χ0v) is 15.6. The van der Waals surface area contributed by atoms with Crippen molar-refractivity contribution in [3.05, 3.63) is 42.2 Å². The van der Waals surface area contributed by atoms with Crippen molar-refractivity contribution in [2.45, 2.75) is 39.7 Å². The van der Waals surface area contributed by atoms with E-state index in [1.54, 1.807) is 12.3 Å². The lowest BCUT2D eigenvalue weighted by Crippen LogP contribution is -2.39. The van der Waals surface area contributed by atoms with Crippen molar-refractivity contribution in [3.8, 4) is 5.75 Å². The fourth-order valence-corrected chi connectivity index (χ4v) is 3.09. The van der Waals surface area contributed by atoms with Crippen LogP contribution in [-0.4, -0.2) is 40.0 Å². The number of benzene rings is 1. The minimum Gasteiger partial charge on any atom is -0.491 e. The molecule has 26 heavy (non-hydrogen) atoms. The molecule has 0 aliphatic carbocycles. The second kappa shape index (κ2) is 8.17. The molecule has 1 unspecified atom stereocenters. The molecule has 1 saturated heterocycles. The number of nitrogens with one attached hydrogen (secondary N) is 1. The van der Waals surface area contributed by atoms with E-state index in [1.165, 1.54) is 6.42 Å². The number of hydrogen-bond acceptors (Lipinski definition) is 5. The number of carbonyl (C=O) groups is 1. The first kappa shape index (κ1) is 18.2. The fraction of sp³-hybridized carbons (Fsp3) is 0.450. The largest absolute Gasteiger partial charge is 0.491 e. The first-order valence-electron chi connectivity index (χ1n) is 9.17. The number of likely N-dealkylation sites (tertiary alicyclic amines) is 1. The number of aromatic nitrogens is 2. The number of rotatable bonds is 5. The molecule has 0 radical (unpaired) electrons. The normalized spacial score (nSPS) is 17.2. The highest BCUT2D eigenvalue weighted by Gasteiger charge is 2.23. The van der Waals surface area contributed by atoms with Gasteiger partial charge >= 0.3 is 0 Å². The monoisotopic (exact) mass is 354 g/mol. The van der Waals surface area contributed by atoms with Gasteiger partial charge in [-0.25, -0.2) is 9.97 Å². The molecule has 3 rings (SSSR count). The van der Waals surface area contributed by atoms with Gasteiger partial charge < -0.3 is 15.0 Å². The van der Waals surface area contributed by atoms with Crippen molar-refractivity contribution < 1.29 is 9.53 Å². The summed E-state index contributed by atoms with van der Waals surface area (Å²) in [5, 5.41) is 3.14. The molecule has 0 spiro atoms. The predicted octanol–water partition coefficient (Wildman–Crippen LogP) is 3.88. The number of piperidine rings is 1. The lowest BCUT2D eigenvalue weighted by atomic mass is 10.00. The lowest BCUT2D eigenvalue weighted by Gasteiger charge is -2.30. The van der Waals surface area contributed by atoms with E-state index in [9.17, 15) is 4.79 Å². The van der Waals surface area contributed by atoms with Gasteiger partial charge in [0.15, 0.2) is 0 Å². The Morgan fingerprint density at radius 3 is 2.73 bits per heavy atom. The number of nitrogens with zero attached hydrogens (tertiary/aromatic N) is 3. The second-order valence-corrected chi connectivity index (χ2v) is 7.08. The summed E-state index contributed by atoms with van der Waals surface area (Å²) in [4.78, 5) is 23.2. The highest BCUT2D eigenvalue weighted by atomic mass is 16.5. The topological polar surface area (TPSA) is 67.4 Å². The third-order valence-corrected chi connectivity index (χ3v) is 4.30. The van der Waals surface area contributed by atoms with E-state index >= 15 is 0 Å². The molecule has 0 saturated carbocycles. The van der Waals surface area contributed by atoms with Crippen molar-refractivity contribution in [2.75, 3.05) is 18.4 Å². The molecule has 138 valence electrons. The maximum atomic E-state index is 12.7. The molecule has 1 N–H and O–H groups in total. The van der Waals surface area contributed by atoms with E-state index in [0.29, 0.717) is 17.6 Å². The van der Waals surface area contributed by atoms with Gasteiger partial charge in [0.2, 0.25) is 5.95 Å². The molecule has 1 aromatic carbocycles. The van der Waals surface area contributed by atoms with Gasteiger partial charge in [0.05, 0.1) is 6.10 Å². The first-order valence-corrected chi connectivity index (χ1v) is 9.17. The maximum absolute atomic E-state index is 12.7. The van der Waals surface area contributed by atoms with Crippen LogP contribution in [0.15, 0.2) is 36.5 Å². The standard InChI is InChI=1S/C20H26N4O2/c1-14(2)26-17-8-6-16(7-9-17)22-20-21-11-10-18(23-20)19(25)24-12-4-5-15(3)13-24/h6-11,14-15H,4-5,12-13H2,1-3H3,(H,21,22,23). The van der Waals surface area contributed by atoms with Crippen molar-refractivity contribution >= 4 is 17.5 Å². The third-order valence-electron chi connectivity index (χ3n) is 4.30. The molecule has 2 aromatic rings. The summed E-state index contributed by atoms with van der Waals surface area (Å²) >= 11 is 0. The zero-order valence-electron chi connectivity index (χ0n) is 15.6. The Balaban J connectivity index is 1.68. The minimum atomic E-state index is -0.0253. The van der Waals surface area contributed by atoms with Crippen LogP contribution in [0.1, 0.15) is 44.1 Å². The summed E-state index contributed by atoms with van der Waals surface area (Å²) in [5.74, 6) is 1.74. The molecule has 1 aromatic heterocycles. The number of carbonyl (C=O) groups excluding carboxylic acids is 1. The van der Waals surface area contributed by atoms with E-state index < -0.39 is 0 Å². The maximum Gasteiger partial charge on any atom is 0.272 e. The second-order valence-electron chi connectivity index (χ2n) is 7.08. The van der Waals surface area contributed by atoms with Crippen LogP contribution in [0.25, 0.3) is 0 Å². The van der Waals surface area contributed by atoms with Crippen LogP contribution < -0.4 is 10.1 Å². The Kier molecular flexibility index (Phi) is 5.71. The van der Waals surface area contributed by atoms with Gasteiger partial charge in [-0.3, -0.25) is 4.79 Å². The van der Waals surface area contributed by atoms with Crippen LogP contribution in [0, 0.1) is 5.92 Å². The third kappa shape index (κ3) is 4.71.